The van der Waals surface area contributed by atoms with E-state index in [1.54, 1.807) is 32.9 Å². The van der Waals surface area contributed by atoms with Gasteiger partial charge in [-0.05, 0) is 31.9 Å². The lowest BCUT2D eigenvalue weighted by atomic mass is 9.98. The molecular formula is C25H29ClN2O8S. The van der Waals surface area contributed by atoms with Crippen LogP contribution in [0.1, 0.15) is 38.8 Å². The van der Waals surface area contributed by atoms with Crippen molar-refractivity contribution >= 4 is 53.1 Å². The summed E-state index contributed by atoms with van der Waals surface area (Å²) in [6.45, 7) is 5.35. The van der Waals surface area contributed by atoms with Crippen LogP contribution in [-0.4, -0.2) is 65.2 Å². The van der Waals surface area contributed by atoms with Gasteiger partial charge in [0, 0.05) is 24.1 Å². The Morgan fingerprint density at radius 2 is 1.73 bits per heavy atom. The molecule has 2 heterocycles. The molecule has 12 heteroatoms. The van der Waals surface area contributed by atoms with Gasteiger partial charge in [0.1, 0.15) is 23.7 Å². The summed E-state index contributed by atoms with van der Waals surface area (Å²) in [6, 6.07) is 6.42. The number of esters is 3. The molecule has 0 saturated carbocycles. The first-order valence-corrected chi connectivity index (χ1v) is 13.1. The molecule has 2 atom stereocenters. The van der Waals surface area contributed by atoms with Crippen LogP contribution in [-0.2, 0) is 50.5 Å². The number of hydrogen-bond acceptors (Lipinski definition) is 9. The Kier molecular flexibility index (Phi) is 9.25. The number of carbonyl (C=O) groups is 5. The number of thioether (sulfide) groups is 1. The van der Waals surface area contributed by atoms with E-state index in [1.807, 2.05) is 12.1 Å². The smallest absolute Gasteiger partial charge is 0.358 e. The highest BCUT2D eigenvalue weighted by molar-refractivity contribution is 8.00. The minimum absolute atomic E-state index is 0.0747. The Labute approximate surface area is 224 Å². The fourth-order valence-corrected chi connectivity index (χ4v) is 5.05. The number of fused-ring (bicyclic) bond motifs is 1. The number of ether oxygens (including phenoxy) is 3. The van der Waals surface area contributed by atoms with Crippen molar-refractivity contribution in [3.8, 4) is 0 Å². The van der Waals surface area contributed by atoms with Crippen molar-refractivity contribution in [2.24, 2.45) is 5.41 Å². The SMILES string of the molecule is CC(=O)OCC1=C(C(=O)OCOC(=O)C(C)(C)C)N2C(=O)C(NC(=O)Cc3ccc(CCl)cc3)C2SC1. The zero-order valence-electron chi connectivity index (χ0n) is 21.0. The van der Waals surface area contributed by atoms with Crippen LogP contribution in [0.2, 0.25) is 0 Å². The van der Waals surface area contributed by atoms with Gasteiger partial charge in [0.15, 0.2) is 0 Å². The monoisotopic (exact) mass is 552 g/mol. The van der Waals surface area contributed by atoms with E-state index in [2.05, 4.69) is 5.32 Å². The second kappa shape index (κ2) is 12.0. The molecule has 2 aliphatic heterocycles. The van der Waals surface area contributed by atoms with Gasteiger partial charge >= 0.3 is 17.9 Å². The highest BCUT2D eigenvalue weighted by atomic mass is 35.5. The molecule has 1 aromatic carbocycles. The van der Waals surface area contributed by atoms with Gasteiger partial charge in [-0.2, -0.15) is 0 Å². The van der Waals surface area contributed by atoms with Gasteiger partial charge in [-0.15, -0.1) is 23.4 Å². The van der Waals surface area contributed by atoms with Crippen molar-refractivity contribution in [1.29, 1.82) is 0 Å². The maximum absolute atomic E-state index is 13.0. The molecule has 2 unspecified atom stereocenters. The Morgan fingerprint density at radius 1 is 1.08 bits per heavy atom. The van der Waals surface area contributed by atoms with Crippen molar-refractivity contribution < 1.29 is 38.2 Å². The van der Waals surface area contributed by atoms with Gasteiger partial charge in [-0.3, -0.25) is 24.1 Å². The van der Waals surface area contributed by atoms with Gasteiger partial charge < -0.3 is 19.5 Å². The van der Waals surface area contributed by atoms with Crippen LogP contribution in [0.15, 0.2) is 35.5 Å². The zero-order valence-corrected chi connectivity index (χ0v) is 22.6. The molecule has 200 valence electrons. The predicted molar refractivity (Wildman–Crippen MR) is 135 cm³/mol. The first kappa shape index (κ1) is 28.5. The van der Waals surface area contributed by atoms with Gasteiger partial charge in [-0.25, -0.2) is 4.79 Å². The molecule has 0 spiro atoms. The van der Waals surface area contributed by atoms with Crippen molar-refractivity contribution in [2.75, 3.05) is 19.2 Å². The molecule has 1 saturated heterocycles. The van der Waals surface area contributed by atoms with Crippen molar-refractivity contribution in [1.82, 2.24) is 10.2 Å². The zero-order chi connectivity index (χ0) is 27.3. The summed E-state index contributed by atoms with van der Waals surface area (Å²) in [5.74, 6) is -2.22. The fourth-order valence-electron chi connectivity index (χ4n) is 3.55. The number of β-lactam (4-membered cyclic amide) rings is 1. The van der Waals surface area contributed by atoms with E-state index < -0.39 is 47.4 Å². The summed E-state index contributed by atoms with van der Waals surface area (Å²) in [5, 5.41) is 2.19. The number of nitrogens with one attached hydrogen (secondary N) is 1. The van der Waals surface area contributed by atoms with Crippen molar-refractivity contribution in [3.63, 3.8) is 0 Å². The number of halogens is 1. The van der Waals surface area contributed by atoms with E-state index >= 15 is 0 Å². The molecule has 1 fully saturated rings. The lowest BCUT2D eigenvalue weighted by Gasteiger charge is -2.49. The lowest BCUT2D eigenvalue weighted by Crippen LogP contribution is -2.70. The summed E-state index contributed by atoms with van der Waals surface area (Å²) in [5.41, 5.74) is 1.20. The van der Waals surface area contributed by atoms with E-state index in [9.17, 15) is 24.0 Å². The largest absolute Gasteiger partial charge is 0.461 e. The minimum atomic E-state index is -0.897. The highest BCUT2D eigenvalue weighted by Crippen LogP contribution is 2.40. The predicted octanol–water partition coefficient (Wildman–Crippen LogP) is 2.27. The average Bonchev–Trinajstić information content (AvgIpc) is 2.85. The molecule has 0 aromatic heterocycles. The average molecular weight is 553 g/mol. The van der Waals surface area contributed by atoms with Crippen LogP contribution in [0.4, 0.5) is 0 Å². The molecule has 0 aliphatic carbocycles. The van der Waals surface area contributed by atoms with Crippen molar-refractivity contribution in [3.05, 3.63) is 46.7 Å². The molecular weight excluding hydrogens is 524 g/mol. The van der Waals surface area contributed by atoms with Gasteiger partial charge in [0.25, 0.3) is 5.91 Å². The minimum Gasteiger partial charge on any atom is -0.461 e. The molecule has 0 radical (unpaired) electrons. The van der Waals surface area contributed by atoms with E-state index in [0.717, 1.165) is 11.1 Å². The van der Waals surface area contributed by atoms with Crippen LogP contribution < -0.4 is 5.32 Å². The molecule has 2 amide bonds. The first-order chi connectivity index (χ1) is 17.4. The van der Waals surface area contributed by atoms with Crippen LogP contribution in [0, 0.1) is 5.41 Å². The number of hydrogen-bond donors (Lipinski definition) is 1. The summed E-state index contributed by atoms with van der Waals surface area (Å²) in [4.78, 5) is 63.1. The molecule has 1 N–H and O–H groups in total. The maximum Gasteiger partial charge on any atom is 0.358 e. The Balaban J connectivity index is 1.68. The molecule has 10 nitrogen and oxygen atoms in total. The number of carbonyl (C=O) groups excluding carboxylic acids is 5. The molecule has 1 aromatic rings. The van der Waals surface area contributed by atoms with E-state index in [1.165, 1.54) is 23.6 Å². The fraction of sp³-hybridized carbons (Fsp3) is 0.480. The number of alkyl halides is 1. The Hall–Kier alpha value is -3.05. The molecule has 3 rings (SSSR count). The third-order valence-electron chi connectivity index (χ3n) is 5.54. The second-order valence-corrected chi connectivity index (χ2v) is 10.9. The first-order valence-electron chi connectivity index (χ1n) is 11.5. The summed E-state index contributed by atoms with van der Waals surface area (Å²) >= 11 is 7.12. The third kappa shape index (κ3) is 7.04. The second-order valence-electron chi connectivity index (χ2n) is 9.55. The number of nitrogens with zero attached hydrogens (tertiary/aromatic N) is 1. The number of amides is 2. The number of benzene rings is 1. The maximum atomic E-state index is 13.0. The van der Waals surface area contributed by atoms with Crippen LogP contribution in [0.5, 0.6) is 0 Å². The van der Waals surface area contributed by atoms with Crippen LogP contribution in [0.25, 0.3) is 0 Å². The quantitative estimate of drug-likeness (QED) is 0.212. The number of rotatable bonds is 9. The normalized spacial score (nSPS) is 18.9. The van der Waals surface area contributed by atoms with E-state index in [4.69, 9.17) is 25.8 Å². The summed E-state index contributed by atoms with van der Waals surface area (Å²) in [6.07, 6.45) is 0.0747. The lowest BCUT2D eigenvalue weighted by molar-refractivity contribution is -0.173. The Morgan fingerprint density at radius 3 is 2.32 bits per heavy atom. The Bertz CT molecular complexity index is 1110. The van der Waals surface area contributed by atoms with E-state index in [-0.39, 0.29) is 30.4 Å². The van der Waals surface area contributed by atoms with Gasteiger partial charge in [-0.1, -0.05) is 24.3 Å². The topological polar surface area (TPSA) is 128 Å². The molecule has 37 heavy (non-hydrogen) atoms. The third-order valence-corrected chi connectivity index (χ3v) is 7.19. The molecule has 0 bridgehead atoms. The standard InChI is InChI=1S/C25H29ClN2O8S/c1-14(29)34-11-17-12-37-22-19(27-18(30)9-15-5-7-16(10-26)8-6-15)21(31)28(22)20(17)23(32)35-13-36-24(33)25(2,3)4/h5-8,19,22H,9-13H2,1-4H3,(H,27,30). The highest BCUT2D eigenvalue weighted by Gasteiger charge is 2.54. The van der Waals surface area contributed by atoms with Gasteiger partial charge in [0.05, 0.1) is 11.8 Å². The molecule has 2 aliphatic rings. The summed E-state index contributed by atoms with van der Waals surface area (Å²) in [7, 11) is 0. The summed E-state index contributed by atoms with van der Waals surface area (Å²) < 4.78 is 15.2. The van der Waals surface area contributed by atoms with Crippen LogP contribution in [0.3, 0.4) is 0 Å². The van der Waals surface area contributed by atoms with Gasteiger partial charge in [0.2, 0.25) is 12.7 Å². The van der Waals surface area contributed by atoms with Crippen molar-refractivity contribution in [2.45, 2.75) is 51.4 Å². The van der Waals surface area contributed by atoms with E-state index in [0.29, 0.717) is 11.5 Å². The van der Waals surface area contributed by atoms with Crippen LogP contribution >= 0.6 is 23.4 Å².